The number of hydrogen-bond acceptors (Lipinski definition) is 2. The third-order valence-electron chi connectivity index (χ3n) is 4.62. The number of rotatable bonds is 3. The molecule has 0 amide bonds. The molecule has 2 heterocycles. The van der Waals surface area contributed by atoms with Gasteiger partial charge in [0.25, 0.3) is 0 Å². The lowest BCUT2D eigenvalue weighted by molar-refractivity contribution is 0.270. The first-order chi connectivity index (χ1) is 11.5. The summed E-state index contributed by atoms with van der Waals surface area (Å²) in [5.74, 6) is 1.35. The molecule has 1 fully saturated rings. The largest absolute Gasteiger partial charge is 0.370 e. The smallest absolute Gasteiger partial charge is 0.191 e. The zero-order chi connectivity index (χ0) is 17.1. The number of guanidine groups is 1. The maximum atomic E-state index is 6.23. The van der Waals surface area contributed by atoms with Crippen molar-refractivity contribution in [2.45, 2.75) is 40.2 Å². The fourth-order valence-electron chi connectivity index (χ4n) is 3.39. The fourth-order valence-corrected chi connectivity index (χ4v) is 3.39. The molecule has 1 aromatic carbocycles. The number of benzene rings is 1. The summed E-state index contributed by atoms with van der Waals surface area (Å²) in [5, 5.41) is 4.59. The number of para-hydroxylation sites is 1. The van der Waals surface area contributed by atoms with E-state index in [4.69, 9.17) is 5.73 Å². The van der Waals surface area contributed by atoms with Crippen LogP contribution in [0.2, 0.25) is 0 Å². The van der Waals surface area contributed by atoms with Gasteiger partial charge in [0.05, 0.1) is 17.9 Å². The molecule has 2 aromatic rings. The molecule has 1 atom stereocenters. The van der Waals surface area contributed by atoms with E-state index in [1.165, 1.54) is 12.8 Å². The number of aliphatic imine (C=N–C) groups is 1. The number of nitrogens with two attached hydrogens (primary N) is 1. The average Bonchev–Trinajstić information content (AvgIpc) is 2.91. The van der Waals surface area contributed by atoms with Crippen LogP contribution in [0.3, 0.4) is 0 Å². The van der Waals surface area contributed by atoms with Crippen LogP contribution in [0.4, 0.5) is 0 Å². The van der Waals surface area contributed by atoms with Gasteiger partial charge in [-0.1, -0.05) is 25.1 Å². The molecule has 1 aromatic heterocycles. The molecule has 0 aliphatic carbocycles. The summed E-state index contributed by atoms with van der Waals surface area (Å²) in [7, 11) is 0. The Morgan fingerprint density at radius 3 is 2.83 bits per heavy atom. The Hall–Kier alpha value is -2.30. The van der Waals surface area contributed by atoms with E-state index in [2.05, 4.69) is 47.0 Å². The van der Waals surface area contributed by atoms with Crippen LogP contribution in [0, 0.1) is 19.8 Å². The van der Waals surface area contributed by atoms with Crippen molar-refractivity contribution in [3.63, 3.8) is 0 Å². The van der Waals surface area contributed by atoms with Gasteiger partial charge in [-0.15, -0.1) is 0 Å². The molecule has 0 radical (unpaired) electrons. The first kappa shape index (κ1) is 16.6. The molecule has 1 unspecified atom stereocenters. The summed E-state index contributed by atoms with van der Waals surface area (Å²) in [4.78, 5) is 6.86. The second-order valence-corrected chi connectivity index (χ2v) is 6.84. The summed E-state index contributed by atoms with van der Waals surface area (Å²) in [6, 6.07) is 10.3. The van der Waals surface area contributed by atoms with Crippen molar-refractivity contribution < 1.29 is 0 Å². The lowest BCUT2D eigenvalue weighted by atomic mass is 10.0. The maximum Gasteiger partial charge on any atom is 0.191 e. The van der Waals surface area contributed by atoms with Gasteiger partial charge in [0, 0.05) is 18.8 Å². The van der Waals surface area contributed by atoms with Gasteiger partial charge in [0.2, 0.25) is 0 Å². The Morgan fingerprint density at radius 1 is 1.33 bits per heavy atom. The minimum atomic E-state index is 0.575. The maximum absolute atomic E-state index is 6.23. The molecule has 5 heteroatoms. The van der Waals surface area contributed by atoms with Crippen molar-refractivity contribution in [3.8, 4) is 5.69 Å². The molecular weight excluding hydrogens is 298 g/mol. The highest BCUT2D eigenvalue weighted by Gasteiger charge is 2.17. The van der Waals surface area contributed by atoms with Crippen LogP contribution in [0.5, 0.6) is 0 Å². The van der Waals surface area contributed by atoms with Crippen LogP contribution >= 0.6 is 0 Å². The highest BCUT2D eigenvalue weighted by atomic mass is 15.3. The molecule has 24 heavy (non-hydrogen) atoms. The normalized spacial score (nSPS) is 18.9. The van der Waals surface area contributed by atoms with Crippen molar-refractivity contribution in [1.29, 1.82) is 0 Å². The van der Waals surface area contributed by atoms with E-state index >= 15 is 0 Å². The zero-order valence-corrected chi connectivity index (χ0v) is 14.9. The third kappa shape index (κ3) is 3.61. The predicted molar refractivity (Wildman–Crippen MR) is 98.3 cm³/mol. The SMILES string of the molecule is Cc1cc(C)n(-c2ccccc2CN=C(N)N2CCCC(C)C2)n1. The van der Waals surface area contributed by atoms with Crippen LogP contribution < -0.4 is 5.73 Å². The molecule has 2 N–H and O–H groups in total. The first-order valence-electron chi connectivity index (χ1n) is 8.71. The highest BCUT2D eigenvalue weighted by Crippen LogP contribution is 2.19. The minimum absolute atomic E-state index is 0.575. The van der Waals surface area contributed by atoms with Crippen molar-refractivity contribution in [3.05, 3.63) is 47.3 Å². The van der Waals surface area contributed by atoms with Crippen LogP contribution in [0.15, 0.2) is 35.3 Å². The number of nitrogens with zero attached hydrogens (tertiary/aromatic N) is 4. The lowest BCUT2D eigenvalue weighted by Gasteiger charge is -2.31. The van der Waals surface area contributed by atoms with Gasteiger partial charge < -0.3 is 10.6 Å². The van der Waals surface area contributed by atoms with Crippen LogP contribution in [0.25, 0.3) is 5.69 Å². The molecule has 5 nitrogen and oxygen atoms in total. The van der Waals surface area contributed by atoms with Gasteiger partial charge in [-0.05, 0) is 50.3 Å². The van der Waals surface area contributed by atoms with Crippen molar-refractivity contribution in [1.82, 2.24) is 14.7 Å². The molecule has 128 valence electrons. The Morgan fingerprint density at radius 2 is 2.12 bits per heavy atom. The third-order valence-corrected chi connectivity index (χ3v) is 4.62. The van der Waals surface area contributed by atoms with E-state index < -0.39 is 0 Å². The standard InChI is InChI=1S/C19H27N5/c1-14-7-6-10-23(13-14)19(20)21-12-17-8-4-5-9-18(17)24-16(3)11-15(2)22-24/h4-5,8-9,11,14H,6-7,10,12-13H2,1-3H3,(H2,20,21). The second-order valence-electron chi connectivity index (χ2n) is 6.84. The number of piperidine rings is 1. The topological polar surface area (TPSA) is 59.4 Å². The summed E-state index contributed by atoms with van der Waals surface area (Å²) < 4.78 is 1.99. The van der Waals surface area contributed by atoms with Gasteiger partial charge in [-0.25, -0.2) is 9.67 Å². The monoisotopic (exact) mass is 325 g/mol. The lowest BCUT2D eigenvalue weighted by Crippen LogP contribution is -2.43. The fraction of sp³-hybridized carbons (Fsp3) is 0.474. The molecule has 3 rings (SSSR count). The molecule has 1 aliphatic heterocycles. The molecular formula is C19H27N5. The van der Waals surface area contributed by atoms with Gasteiger partial charge in [-0.2, -0.15) is 5.10 Å². The number of likely N-dealkylation sites (tertiary alicyclic amines) is 1. The molecule has 0 spiro atoms. The highest BCUT2D eigenvalue weighted by molar-refractivity contribution is 5.78. The Kier molecular flexibility index (Phi) is 4.88. The van der Waals surface area contributed by atoms with Crippen LogP contribution in [-0.4, -0.2) is 33.7 Å². The molecule has 0 saturated carbocycles. The van der Waals surface area contributed by atoms with E-state index in [0.717, 1.165) is 35.7 Å². The Labute approximate surface area is 144 Å². The zero-order valence-electron chi connectivity index (χ0n) is 14.9. The summed E-state index contributed by atoms with van der Waals surface area (Å²) in [6.07, 6.45) is 2.48. The van der Waals surface area contributed by atoms with E-state index in [-0.39, 0.29) is 0 Å². The first-order valence-corrected chi connectivity index (χ1v) is 8.71. The predicted octanol–water partition coefficient (Wildman–Crippen LogP) is 3.04. The quantitative estimate of drug-likeness (QED) is 0.697. The summed E-state index contributed by atoms with van der Waals surface area (Å²) >= 11 is 0. The van der Waals surface area contributed by atoms with Gasteiger partial charge in [0.1, 0.15) is 0 Å². The van der Waals surface area contributed by atoms with E-state index in [0.29, 0.717) is 18.4 Å². The van der Waals surface area contributed by atoms with Gasteiger partial charge in [0.15, 0.2) is 5.96 Å². The van der Waals surface area contributed by atoms with Crippen molar-refractivity contribution in [2.24, 2.45) is 16.6 Å². The Bertz CT molecular complexity index is 731. The summed E-state index contributed by atoms with van der Waals surface area (Å²) in [6.45, 7) is 8.96. The minimum Gasteiger partial charge on any atom is -0.370 e. The molecule has 1 saturated heterocycles. The molecule has 0 bridgehead atoms. The second kappa shape index (κ2) is 7.07. The number of aryl methyl sites for hydroxylation is 2. The number of aromatic nitrogens is 2. The van der Waals surface area contributed by atoms with E-state index in [1.54, 1.807) is 0 Å². The van der Waals surface area contributed by atoms with Gasteiger partial charge in [-0.3, -0.25) is 0 Å². The van der Waals surface area contributed by atoms with Crippen molar-refractivity contribution in [2.75, 3.05) is 13.1 Å². The van der Waals surface area contributed by atoms with E-state index in [9.17, 15) is 0 Å². The summed E-state index contributed by atoms with van der Waals surface area (Å²) in [5.41, 5.74) is 10.6. The van der Waals surface area contributed by atoms with E-state index in [1.807, 2.05) is 23.7 Å². The Balaban J connectivity index is 1.81. The van der Waals surface area contributed by atoms with Crippen LogP contribution in [0.1, 0.15) is 36.7 Å². The van der Waals surface area contributed by atoms with Crippen molar-refractivity contribution >= 4 is 5.96 Å². The number of hydrogen-bond donors (Lipinski definition) is 1. The average molecular weight is 325 g/mol. The van der Waals surface area contributed by atoms with Gasteiger partial charge >= 0.3 is 0 Å². The van der Waals surface area contributed by atoms with Crippen LogP contribution in [-0.2, 0) is 6.54 Å². The molecule has 1 aliphatic rings.